The third kappa shape index (κ3) is 22.6. The van der Waals surface area contributed by atoms with Gasteiger partial charge < -0.3 is 4.74 Å². The van der Waals surface area contributed by atoms with Gasteiger partial charge in [-0.25, -0.2) is 0 Å². The molecule has 0 aromatic rings. The first kappa shape index (κ1) is 26.6. The van der Waals surface area contributed by atoms with Gasteiger partial charge >= 0.3 is 5.97 Å². The van der Waals surface area contributed by atoms with Crippen molar-refractivity contribution in [3.8, 4) is 23.7 Å². The Labute approximate surface area is 175 Å². The van der Waals surface area contributed by atoms with Crippen molar-refractivity contribution < 1.29 is 9.53 Å². The van der Waals surface area contributed by atoms with Crippen molar-refractivity contribution in [3.05, 3.63) is 0 Å². The highest BCUT2D eigenvalue weighted by Gasteiger charge is 1.98. The van der Waals surface area contributed by atoms with Crippen LogP contribution in [-0.4, -0.2) is 13.1 Å². The molecule has 0 aromatic heterocycles. The lowest BCUT2D eigenvalue weighted by molar-refractivity contribution is -0.140. The van der Waals surface area contributed by atoms with Crippen LogP contribution >= 0.6 is 0 Å². The summed E-state index contributed by atoms with van der Waals surface area (Å²) in [6.45, 7) is 2.27. The van der Waals surface area contributed by atoms with Gasteiger partial charge in [0, 0.05) is 19.3 Å². The molecule has 0 aliphatic heterocycles. The largest absolute Gasteiger partial charge is 0.469 e. The van der Waals surface area contributed by atoms with Crippen LogP contribution in [0, 0.1) is 23.7 Å². The topological polar surface area (TPSA) is 26.3 Å². The second-order valence-electron chi connectivity index (χ2n) is 7.73. The number of carbonyl (C=O) groups is 1. The van der Waals surface area contributed by atoms with Crippen molar-refractivity contribution in [1.82, 2.24) is 0 Å². The Morgan fingerprint density at radius 2 is 1.00 bits per heavy atom. The molecule has 0 heterocycles. The molecule has 0 radical (unpaired) electrons. The number of hydrogen-bond acceptors (Lipinski definition) is 2. The van der Waals surface area contributed by atoms with Gasteiger partial charge in [-0.1, -0.05) is 102 Å². The summed E-state index contributed by atoms with van der Waals surface area (Å²) in [6, 6.07) is 0. The van der Waals surface area contributed by atoms with Crippen LogP contribution < -0.4 is 0 Å². The number of rotatable bonds is 18. The third-order valence-electron chi connectivity index (χ3n) is 5.05. The summed E-state index contributed by atoms with van der Waals surface area (Å²) < 4.78 is 4.63. The number of hydrogen-bond donors (Lipinski definition) is 0. The molecular weight excluding hydrogens is 344 g/mol. The van der Waals surface area contributed by atoms with Crippen LogP contribution in [0.25, 0.3) is 0 Å². The van der Waals surface area contributed by atoms with Crippen LogP contribution in [0.5, 0.6) is 0 Å². The molecule has 0 bridgehead atoms. The maximum atomic E-state index is 11.0. The van der Waals surface area contributed by atoms with E-state index in [1.54, 1.807) is 0 Å². The van der Waals surface area contributed by atoms with E-state index in [-0.39, 0.29) is 5.97 Å². The first-order chi connectivity index (χ1) is 13.8. The average Bonchev–Trinajstić information content (AvgIpc) is 2.71. The molecule has 160 valence electrons. The molecule has 28 heavy (non-hydrogen) atoms. The predicted molar refractivity (Wildman–Crippen MR) is 121 cm³/mol. The monoisotopic (exact) mass is 388 g/mol. The van der Waals surface area contributed by atoms with Crippen molar-refractivity contribution >= 4 is 5.97 Å². The van der Waals surface area contributed by atoms with E-state index in [2.05, 4.69) is 35.3 Å². The van der Waals surface area contributed by atoms with Gasteiger partial charge in [0.15, 0.2) is 0 Å². The fraction of sp³-hybridized carbons (Fsp3) is 0.808. The Balaban J connectivity index is 3.26. The zero-order valence-electron chi connectivity index (χ0n) is 18.8. The van der Waals surface area contributed by atoms with Crippen molar-refractivity contribution in [3.63, 3.8) is 0 Å². The molecule has 2 nitrogen and oxygen atoms in total. The van der Waals surface area contributed by atoms with Gasteiger partial charge in [0.05, 0.1) is 7.11 Å². The minimum atomic E-state index is -0.0930. The average molecular weight is 389 g/mol. The van der Waals surface area contributed by atoms with Gasteiger partial charge in [-0.2, -0.15) is 0 Å². The molecule has 0 spiro atoms. The Kier molecular flexibility index (Phi) is 22.4. The standard InChI is InChI=1S/C26H44O2/c1-3-4-5-6-7-8-9-10-11-12-13-14-15-16-17-18-19-20-21-22-23-24-25-26(27)28-2/h3-13,18-25H2,1-2H3. The molecule has 0 aliphatic rings. The molecule has 0 saturated heterocycles. The summed E-state index contributed by atoms with van der Waals surface area (Å²) in [4.78, 5) is 11.0. The molecule has 0 amide bonds. The fourth-order valence-electron chi connectivity index (χ4n) is 3.21. The summed E-state index contributed by atoms with van der Waals surface area (Å²) >= 11 is 0. The number of unbranched alkanes of at least 4 members (excludes halogenated alkanes) is 16. The highest BCUT2D eigenvalue weighted by molar-refractivity contribution is 5.68. The second kappa shape index (κ2) is 23.6. The Hall–Kier alpha value is -1.41. The predicted octanol–water partition coefficient (Wildman–Crippen LogP) is 7.60. The number of methoxy groups -OCH3 is 1. The van der Waals surface area contributed by atoms with Crippen LogP contribution in [0.2, 0.25) is 0 Å². The molecule has 0 atom stereocenters. The Bertz CT molecular complexity index is 458. The zero-order valence-corrected chi connectivity index (χ0v) is 18.8. The van der Waals surface area contributed by atoms with E-state index in [1.165, 1.54) is 90.6 Å². The summed E-state index contributed by atoms with van der Waals surface area (Å²) in [5.74, 6) is 12.2. The molecule has 0 rings (SSSR count). The molecule has 0 N–H and O–H groups in total. The fourth-order valence-corrected chi connectivity index (χ4v) is 3.21. The third-order valence-corrected chi connectivity index (χ3v) is 5.05. The van der Waals surface area contributed by atoms with Crippen LogP contribution in [-0.2, 0) is 9.53 Å². The van der Waals surface area contributed by atoms with E-state index < -0.39 is 0 Å². The minimum absolute atomic E-state index is 0.0930. The number of carbonyl (C=O) groups excluding carboxylic acids is 1. The van der Waals surface area contributed by atoms with Gasteiger partial charge in [0.25, 0.3) is 0 Å². The van der Waals surface area contributed by atoms with Crippen LogP contribution in [0.4, 0.5) is 0 Å². The van der Waals surface area contributed by atoms with Gasteiger partial charge in [0.2, 0.25) is 0 Å². The first-order valence-corrected chi connectivity index (χ1v) is 11.8. The van der Waals surface area contributed by atoms with Crippen molar-refractivity contribution in [2.24, 2.45) is 0 Å². The SMILES string of the molecule is CCCCCCCCCCCCC#CC#CCCCCCCCCC(=O)OC. The van der Waals surface area contributed by atoms with Crippen LogP contribution in [0.1, 0.15) is 129 Å². The molecular formula is C26H44O2. The Morgan fingerprint density at radius 3 is 1.43 bits per heavy atom. The normalized spacial score (nSPS) is 9.93. The summed E-state index contributed by atoms with van der Waals surface area (Å²) in [5, 5.41) is 0. The van der Waals surface area contributed by atoms with Gasteiger partial charge in [-0.15, -0.1) is 0 Å². The van der Waals surface area contributed by atoms with Crippen molar-refractivity contribution in [2.75, 3.05) is 7.11 Å². The summed E-state index contributed by atoms with van der Waals surface area (Å²) in [6.07, 6.45) is 23.1. The highest BCUT2D eigenvalue weighted by Crippen LogP contribution is 2.11. The van der Waals surface area contributed by atoms with E-state index in [4.69, 9.17) is 0 Å². The van der Waals surface area contributed by atoms with Crippen molar-refractivity contribution in [2.45, 2.75) is 129 Å². The smallest absolute Gasteiger partial charge is 0.305 e. The second-order valence-corrected chi connectivity index (χ2v) is 7.73. The molecule has 0 fully saturated rings. The van der Waals surface area contributed by atoms with Gasteiger partial charge in [-0.05, 0) is 31.1 Å². The van der Waals surface area contributed by atoms with E-state index in [9.17, 15) is 4.79 Å². The molecule has 0 aliphatic carbocycles. The van der Waals surface area contributed by atoms with E-state index in [0.717, 1.165) is 32.1 Å². The number of ether oxygens (including phenoxy) is 1. The van der Waals surface area contributed by atoms with E-state index in [1.807, 2.05) is 0 Å². The molecule has 2 heteroatoms. The quantitative estimate of drug-likeness (QED) is 0.137. The van der Waals surface area contributed by atoms with Gasteiger partial charge in [0.1, 0.15) is 0 Å². The number of esters is 1. The van der Waals surface area contributed by atoms with Crippen LogP contribution in [0.15, 0.2) is 0 Å². The van der Waals surface area contributed by atoms with Crippen LogP contribution in [0.3, 0.4) is 0 Å². The molecule has 0 saturated carbocycles. The molecule has 0 unspecified atom stereocenters. The first-order valence-electron chi connectivity index (χ1n) is 11.8. The lowest BCUT2D eigenvalue weighted by Crippen LogP contribution is -1.99. The summed E-state index contributed by atoms with van der Waals surface area (Å²) in [7, 11) is 1.45. The van der Waals surface area contributed by atoms with E-state index in [0.29, 0.717) is 6.42 Å². The van der Waals surface area contributed by atoms with E-state index >= 15 is 0 Å². The minimum Gasteiger partial charge on any atom is -0.469 e. The Morgan fingerprint density at radius 1 is 0.607 bits per heavy atom. The lowest BCUT2D eigenvalue weighted by Gasteiger charge is -2.00. The molecule has 0 aromatic carbocycles. The summed E-state index contributed by atoms with van der Waals surface area (Å²) in [5.41, 5.74) is 0. The van der Waals surface area contributed by atoms with Gasteiger partial charge in [-0.3, -0.25) is 4.79 Å². The maximum Gasteiger partial charge on any atom is 0.305 e. The lowest BCUT2D eigenvalue weighted by atomic mass is 10.1. The maximum absolute atomic E-state index is 11.0. The van der Waals surface area contributed by atoms with Crippen molar-refractivity contribution in [1.29, 1.82) is 0 Å². The zero-order chi connectivity index (χ0) is 20.5. The highest BCUT2D eigenvalue weighted by atomic mass is 16.5.